The van der Waals surface area contributed by atoms with Gasteiger partial charge in [0.2, 0.25) is 5.91 Å². The number of ether oxygens (including phenoxy) is 1. The molecule has 0 atom stereocenters. The molecule has 1 saturated heterocycles. The van der Waals surface area contributed by atoms with E-state index in [1.807, 2.05) is 28.8 Å². The van der Waals surface area contributed by atoms with Gasteiger partial charge in [0, 0.05) is 37.3 Å². The number of benzene rings is 2. The van der Waals surface area contributed by atoms with Crippen molar-refractivity contribution in [2.75, 3.05) is 50.1 Å². The minimum absolute atomic E-state index is 0.146. The summed E-state index contributed by atoms with van der Waals surface area (Å²) in [5, 5.41) is 2.83. The molecule has 3 amide bonds. The Hall–Kier alpha value is -2.74. The van der Waals surface area contributed by atoms with E-state index >= 15 is 0 Å². The summed E-state index contributed by atoms with van der Waals surface area (Å²) in [4.78, 5) is 28.1. The Labute approximate surface area is 180 Å². The van der Waals surface area contributed by atoms with Crippen molar-refractivity contribution in [3.8, 4) is 5.75 Å². The minimum atomic E-state index is -0.320. The van der Waals surface area contributed by atoms with Crippen molar-refractivity contribution < 1.29 is 18.7 Å². The molecule has 0 aliphatic carbocycles. The van der Waals surface area contributed by atoms with Gasteiger partial charge in [-0.05, 0) is 42.0 Å². The van der Waals surface area contributed by atoms with E-state index in [0.29, 0.717) is 31.0 Å². The van der Waals surface area contributed by atoms with Gasteiger partial charge in [-0.1, -0.05) is 12.1 Å². The summed E-state index contributed by atoms with van der Waals surface area (Å²) in [7, 11) is 1.67. The second-order valence-electron chi connectivity index (χ2n) is 7.02. The number of carbonyl (C=O) groups excluding carboxylic acids is 2. The number of carbonyl (C=O) groups is 2. The molecule has 2 aromatic carbocycles. The monoisotopic (exact) mass is 431 g/mol. The zero-order valence-electron chi connectivity index (χ0n) is 17.0. The van der Waals surface area contributed by atoms with Crippen molar-refractivity contribution in [1.82, 2.24) is 9.80 Å². The average Bonchev–Trinajstić information content (AvgIpc) is 2.77. The molecule has 1 fully saturated rings. The van der Waals surface area contributed by atoms with Crippen LogP contribution in [0, 0.1) is 5.82 Å². The second-order valence-corrected chi connectivity index (χ2v) is 8.25. The lowest BCUT2D eigenvalue weighted by molar-refractivity contribution is -0.130. The van der Waals surface area contributed by atoms with Crippen LogP contribution in [0.3, 0.4) is 0 Å². The number of nitrogens with one attached hydrogen (secondary N) is 1. The Morgan fingerprint density at radius 3 is 2.43 bits per heavy atom. The Kier molecular flexibility index (Phi) is 7.96. The summed E-state index contributed by atoms with van der Waals surface area (Å²) >= 11 is 1.88. The smallest absolute Gasteiger partial charge is 0.321 e. The van der Waals surface area contributed by atoms with Crippen molar-refractivity contribution in [3.05, 3.63) is 59.9 Å². The number of amides is 3. The van der Waals surface area contributed by atoms with Crippen LogP contribution < -0.4 is 10.1 Å². The molecule has 0 saturated carbocycles. The van der Waals surface area contributed by atoms with E-state index in [2.05, 4.69) is 5.32 Å². The molecule has 0 spiro atoms. The van der Waals surface area contributed by atoms with Gasteiger partial charge in [-0.2, -0.15) is 11.8 Å². The van der Waals surface area contributed by atoms with Crippen molar-refractivity contribution in [3.63, 3.8) is 0 Å². The highest BCUT2D eigenvalue weighted by atomic mass is 32.2. The van der Waals surface area contributed by atoms with Gasteiger partial charge in [-0.3, -0.25) is 4.79 Å². The van der Waals surface area contributed by atoms with E-state index in [-0.39, 0.29) is 17.8 Å². The van der Waals surface area contributed by atoms with Gasteiger partial charge < -0.3 is 19.9 Å². The summed E-state index contributed by atoms with van der Waals surface area (Å²) in [5.41, 5.74) is 1.59. The van der Waals surface area contributed by atoms with Crippen LogP contribution in [-0.4, -0.2) is 66.5 Å². The number of halogens is 1. The number of anilines is 1. The van der Waals surface area contributed by atoms with Crippen LogP contribution in [-0.2, 0) is 11.2 Å². The number of nitrogens with zero attached hydrogens (tertiary/aromatic N) is 2. The number of urea groups is 1. The third-order valence-electron chi connectivity index (χ3n) is 4.78. The maximum Gasteiger partial charge on any atom is 0.321 e. The van der Waals surface area contributed by atoms with Crippen LogP contribution in [0.1, 0.15) is 5.56 Å². The highest BCUT2D eigenvalue weighted by Crippen LogP contribution is 2.14. The van der Waals surface area contributed by atoms with E-state index in [1.54, 1.807) is 31.3 Å². The topological polar surface area (TPSA) is 61.9 Å². The van der Waals surface area contributed by atoms with Crippen LogP contribution in [0.15, 0.2) is 48.5 Å². The van der Waals surface area contributed by atoms with Gasteiger partial charge >= 0.3 is 6.03 Å². The van der Waals surface area contributed by atoms with E-state index < -0.39 is 0 Å². The first-order chi connectivity index (χ1) is 14.5. The molecule has 3 rings (SSSR count). The maximum atomic E-state index is 12.9. The van der Waals surface area contributed by atoms with Crippen LogP contribution >= 0.6 is 11.8 Å². The van der Waals surface area contributed by atoms with Gasteiger partial charge in [-0.25, -0.2) is 9.18 Å². The molecule has 160 valence electrons. The molecule has 1 aliphatic rings. The molecule has 2 aromatic rings. The van der Waals surface area contributed by atoms with Crippen LogP contribution in [0.2, 0.25) is 0 Å². The van der Waals surface area contributed by atoms with E-state index in [1.165, 1.54) is 17.0 Å². The van der Waals surface area contributed by atoms with Crippen molar-refractivity contribution in [2.24, 2.45) is 0 Å². The molecule has 30 heavy (non-hydrogen) atoms. The molecule has 0 aromatic heterocycles. The maximum absolute atomic E-state index is 12.9. The molecule has 1 aliphatic heterocycles. The Morgan fingerprint density at radius 2 is 1.77 bits per heavy atom. The lowest BCUT2D eigenvalue weighted by Gasteiger charge is -2.26. The molecule has 0 radical (unpaired) electrons. The Balaban J connectivity index is 1.41. The molecule has 0 bridgehead atoms. The average molecular weight is 432 g/mol. The van der Waals surface area contributed by atoms with E-state index in [9.17, 15) is 14.0 Å². The third kappa shape index (κ3) is 6.66. The highest BCUT2D eigenvalue weighted by molar-refractivity contribution is 7.99. The van der Waals surface area contributed by atoms with Crippen molar-refractivity contribution >= 4 is 29.4 Å². The predicted molar refractivity (Wildman–Crippen MR) is 118 cm³/mol. The van der Waals surface area contributed by atoms with Gasteiger partial charge in [0.05, 0.1) is 13.0 Å². The van der Waals surface area contributed by atoms with Gasteiger partial charge in [0.25, 0.3) is 0 Å². The van der Waals surface area contributed by atoms with Crippen molar-refractivity contribution in [1.29, 1.82) is 0 Å². The van der Waals surface area contributed by atoms with Gasteiger partial charge in [0.15, 0.2) is 0 Å². The van der Waals surface area contributed by atoms with Crippen LogP contribution in [0.4, 0.5) is 14.9 Å². The fraction of sp³-hybridized carbons (Fsp3) is 0.364. The number of likely N-dealkylation sites (N-methyl/N-ethyl adjacent to an activating group) is 1. The lowest BCUT2D eigenvalue weighted by Crippen LogP contribution is -2.38. The number of hydrogen-bond acceptors (Lipinski definition) is 4. The largest absolute Gasteiger partial charge is 0.492 e. The minimum Gasteiger partial charge on any atom is -0.492 e. The quantitative estimate of drug-likeness (QED) is 0.729. The van der Waals surface area contributed by atoms with E-state index in [0.717, 1.165) is 30.2 Å². The predicted octanol–water partition coefficient (Wildman–Crippen LogP) is 3.49. The molecular weight excluding hydrogens is 405 g/mol. The fourth-order valence-electron chi connectivity index (χ4n) is 2.96. The van der Waals surface area contributed by atoms with Crippen molar-refractivity contribution in [2.45, 2.75) is 6.42 Å². The van der Waals surface area contributed by atoms with Crippen LogP contribution in [0.5, 0.6) is 5.75 Å². The van der Waals surface area contributed by atoms with Crippen LogP contribution in [0.25, 0.3) is 0 Å². The number of hydrogen-bond donors (Lipinski definition) is 1. The fourth-order valence-corrected chi connectivity index (χ4v) is 3.86. The summed E-state index contributed by atoms with van der Waals surface area (Å²) in [6.45, 7) is 2.30. The SMILES string of the molecule is CN(CCOc1ccc(F)cc1)C(=O)Nc1ccc(CC(=O)N2CCSCC2)cc1. The van der Waals surface area contributed by atoms with Gasteiger partial charge in [-0.15, -0.1) is 0 Å². The summed E-state index contributed by atoms with van der Waals surface area (Å²) in [6.07, 6.45) is 0.375. The number of thioether (sulfide) groups is 1. The molecule has 8 heteroatoms. The first-order valence-corrected chi connectivity index (χ1v) is 11.0. The van der Waals surface area contributed by atoms with E-state index in [4.69, 9.17) is 4.74 Å². The first-order valence-electron chi connectivity index (χ1n) is 9.86. The molecule has 1 heterocycles. The highest BCUT2D eigenvalue weighted by Gasteiger charge is 2.17. The summed E-state index contributed by atoms with van der Waals surface area (Å²) in [6, 6.07) is 12.8. The summed E-state index contributed by atoms with van der Waals surface area (Å²) in [5.74, 6) is 2.38. The molecular formula is C22H26FN3O3S. The third-order valence-corrected chi connectivity index (χ3v) is 5.72. The molecule has 0 unspecified atom stereocenters. The van der Waals surface area contributed by atoms with Gasteiger partial charge in [0.1, 0.15) is 18.2 Å². The summed E-state index contributed by atoms with van der Waals surface area (Å²) < 4.78 is 18.4. The Morgan fingerprint density at radius 1 is 1.10 bits per heavy atom. The normalized spacial score (nSPS) is 13.6. The first kappa shape index (κ1) is 22.0. The Bertz CT molecular complexity index is 840. The zero-order chi connectivity index (χ0) is 21.3. The number of rotatable bonds is 7. The molecule has 1 N–H and O–H groups in total. The molecule has 6 nitrogen and oxygen atoms in total. The zero-order valence-corrected chi connectivity index (χ0v) is 17.8. The second kappa shape index (κ2) is 10.9. The lowest BCUT2D eigenvalue weighted by atomic mass is 10.1. The standard InChI is InChI=1S/C22H26FN3O3S/c1-25(10-13-29-20-8-4-18(23)5-9-20)22(28)24-19-6-2-17(3-7-19)16-21(27)26-11-14-30-15-12-26/h2-9H,10-16H2,1H3,(H,24,28).